The van der Waals surface area contributed by atoms with Gasteiger partial charge in [0.05, 0.1) is 24.9 Å². The van der Waals surface area contributed by atoms with Crippen molar-refractivity contribution in [1.82, 2.24) is 24.7 Å². The highest BCUT2D eigenvalue weighted by Gasteiger charge is 2.44. The van der Waals surface area contributed by atoms with E-state index in [0.717, 1.165) is 9.80 Å². The number of ether oxygens (including phenoxy) is 1. The molecule has 0 saturated carbocycles. The number of nitrogens with zero attached hydrogens (tertiary/aromatic N) is 5. The lowest BCUT2D eigenvalue weighted by Gasteiger charge is -2.44. The number of methoxy groups -OCH3 is 1. The minimum Gasteiger partial charge on any atom is -0.465 e. The molecule has 15 heteroatoms. The van der Waals surface area contributed by atoms with Gasteiger partial charge in [-0.25, -0.2) is 23.5 Å². The third-order valence-electron chi connectivity index (χ3n) is 7.05. The number of aliphatic hydroxyl groups excluding tert-OH is 1. The predicted octanol–water partition coefficient (Wildman–Crippen LogP) is 3.16. The molecule has 0 spiro atoms. The molecule has 3 heterocycles. The number of carbonyl (C=O) groups excluding carboxylic acids is 1. The number of piperidine rings is 1. The van der Waals surface area contributed by atoms with Gasteiger partial charge in [-0.1, -0.05) is 0 Å². The largest absolute Gasteiger partial charge is 0.465 e. The molecule has 2 atom stereocenters. The maximum atomic E-state index is 14.1. The number of aliphatic hydroxyl groups is 1. The van der Waals surface area contributed by atoms with Gasteiger partial charge in [-0.2, -0.15) is 13.2 Å². The van der Waals surface area contributed by atoms with Crippen LogP contribution in [0, 0.1) is 0 Å². The zero-order valence-corrected chi connectivity index (χ0v) is 23.0. The first-order valence-corrected chi connectivity index (χ1v) is 13.0. The Morgan fingerprint density at radius 3 is 2.45 bits per heavy atom. The van der Waals surface area contributed by atoms with Crippen LogP contribution in [-0.2, 0) is 35.1 Å². The number of fused-ring (bicyclic) bond motifs is 1. The highest BCUT2D eigenvalue weighted by atomic mass is 19.4. The third kappa shape index (κ3) is 7.75. The normalized spacial score (nSPS) is 19.8. The summed E-state index contributed by atoms with van der Waals surface area (Å²) in [5.74, 6) is -3.73. The summed E-state index contributed by atoms with van der Waals surface area (Å²) in [6.45, 7) is 3.49. The fourth-order valence-electron chi connectivity index (χ4n) is 5.26. The van der Waals surface area contributed by atoms with Gasteiger partial charge in [0, 0.05) is 63.5 Å². The Morgan fingerprint density at radius 2 is 1.88 bits per heavy atom. The van der Waals surface area contributed by atoms with E-state index in [2.05, 4.69) is 9.97 Å². The van der Waals surface area contributed by atoms with Crippen LogP contribution >= 0.6 is 0 Å². The molecule has 0 aromatic carbocycles. The molecule has 1 aromatic heterocycles. The lowest BCUT2D eigenvalue weighted by molar-refractivity contribution is -0.149. The van der Waals surface area contributed by atoms with Gasteiger partial charge < -0.3 is 19.8 Å². The molecule has 10 nitrogen and oxygen atoms in total. The second-order valence-corrected chi connectivity index (χ2v) is 11.2. The van der Waals surface area contributed by atoms with Crippen LogP contribution in [0.25, 0.3) is 0 Å². The molecule has 0 radical (unpaired) electrons. The Hall–Kier alpha value is -2.65. The van der Waals surface area contributed by atoms with Crippen LogP contribution < -0.4 is 0 Å². The van der Waals surface area contributed by atoms with Gasteiger partial charge in [0.2, 0.25) is 5.91 Å². The van der Waals surface area contributed by atoms with E-state index in [4.69, 9.17) is 4.74 Å². The van der Waals surface area contributed by atoms with Crippen LogP contribution in [0.5, 0.6) is 0 Å². The summed E-state index contributed by atoms with van der Waals surface area (Å²) in [6, 6.07) is -1.08. The van der Waals surface area contributed by atoms with Crippen molar-refractivity contribution < 1.29 is 46.5 Å². The van der Waals surface area contributed by atoms with Crippen molar-refractivity contribution >= 4 is 12.0 Å². The smallest absolute Gasteiger partial charge is 0.433 e. The van der Waals surface area contributed by atoms with Crippen LogP contribution in [0.3, 0.4) is 0 Å². The Morgan fingerprint density at radius 1 is 1.20 bits per heavy atom. The van der Waals surface area contributed by atoms with Gasteiger partial charge in [-0.05, 0) is 27.2 Å². The molecule has 0 bridgehead atoms. The van der Waals surface area contributed by atoms with Gasteiger partial charge >= 0.3 is 12.3 Å². The number of halogens is 5. The molecule has 2 amide bonds. The first kappa shape index (κ1) is 31.9. The van der Waals surface area contributed by atoms with Crippen molar-refractivity contribution in [3.63, 3.8) is 0 Å². The Bertz CT molecular complexity index is 1080. The average molecular weight is 582 g/mol. The number of alkyl halides is 5. The van der Waals surface area contributed by atoms with Crippen molar-refractivity contribution in [2.75, 3.05) is 33.4 Å². The van der Waals surface area contributed by atoms with Crippen LogP contribution in [0.15, 0.2) is 0 Å². The number of likely N-dealkylation sites (tertiary alicyclic amines) is 1. The minimum absolute atomic E-state index is 0.00590. The van der Waals surface area contributed by atoms with Gasteiger partial charge in [0.25, 0.3) is 5.92 Å². The molecular formula is C25H36F5N5O5. The standard InChI is InChI=1S/C25H36F5N5O5/c1-23(2,3)35(22(38)39)15(12-34-14-24(26,27)8-5-19(34)36)11-20(37)33-9-6-16-17(13-33)31-18(7-10-40-4)32-21(16)25(28,29)30/h15,20,37H,5-14H2,1-4H3,(H,38,39)/t15-,20?/m0/s1. The summed E-state index contributed by atoms with van der Waals surface area (Å²) in [7, 11) is 1.40. The molecule has 40 heavy (non-hydrogen) atoms. The van der Waals surface area contributed by atoms with E-state index >= 15 is 0 Å². The van der Waals surface area contributed by atoms with Crippen molar-refractivity contribution in [2.45, 2.75) is 89.3 Å². The van der Waals surface area contributed by atoms with Crippen LogP contribution in [0.2, 0.25) is 0 Å². The first-order valence-electron chi connectivity index (χ1n) is 13.0. The van der Waals surface area contributed by atoms with Crippen molar-refractivity contribution in [1.29, 1.82) is 0 Å². The monoisotopic (exact) mass is 581 g/mol. The molecule has 1 saturated heterocycles. The Balaban J connectivity index is 1.88. The summed E-state index contributed by atoms with van der Waals surface area (Å²) in [6.07, 6.45) is -8.77. The average Bonchev–Trinajstić information content (AvgIpc) is 2.82. The van der Waals surface area contributed by atoms with E-state index in [0.29, 0.717) is 0 Å². The van der Waals surface area contributed by atoms with Crippen molar-refractivity contribution in [3.05, 3.63) is 22.8 Å². The molecule has 1 unspecified atom stereocenters. The minimum atomic E-state index is -4.71. The molecule has 1 aromatic rings. The number of carboxylic acid groups (broad SMARTS) is 1. The second kappa shape index (κ2) is 12.1. The van der Waals surface area contributed by atoms with Crippen LogP contribution in [0.1, 0.15) is 62.8 Å². The number of aromatic nitrogens is 2. The SMILES string of the molecule is COCCc1nc2c(c(C(F)(F)F)n1)CCN(C(O)C[C@@H](CN1CC(F)(F)CCC1=O)N(C(=O)O)C(C)(C)C)C2. The lowest BCUT2D eigenvalue weighted by atomic mass is 9.97. The highest BCUT2D eigenvalue weighted by Crippen LogP contribution is 2.35. The summed E-state index contributed by atoms with van der Waals surface area (Å²) < 4.78 is 74.4. The molecule has 3 rings (SSSR count). The second-order valence-electron chi connectivity index (χ2n) is 11.2. The summed E-state index contributed by atoms with van der Waals surface area (Å²) in [5, 5.41) is 21.2. The molecule has 2 N–H and O–H groups in total. The predicted molar refractivity (Wildman–Crippen MR) is 132 cm³/mol. The van der Waals surface area contributed by atoms with Gasteiger partial charge in [-0.3, -0.25) is 14.6 Å². The Labute approximate surface area is 229 Å². The fraction of sp³-hybridized carbons (Fsp3) is 0.760. The number of hydrogen-bond donors (Lipinski definition) is 2. The number of carbonyl (C=O) groups is 2. The molecule has 0 aliphatic carbocycles. The summed E-state index contributed by atoms with van der Waals surface area (Å²) >= 11 is 0. The first-order chi connectivity index (χ1) is 18.4. The van der Waals surface area contributed by atoms with Crippen molar-refractivity contribution in [2.24, 2.45) is 0 Å². The summed E-state index contributed by atoms with van der Waals surface area (Å²) in [4.78, 5) is 36.1. The molecular weight excluding hydrogens is 545 g/mol. The zero-order valence-electron chi connectivity index (χ0n) is 23.0. The van der Waals surface area contributed by atoms with E-state index in [1.807, 2.05) is 0 Å². The maximum Gasteiger partial charge on any atom is 0.433 e. The van der Waals surface area contributed by atoms with E-state index in [1.165, 1.54) is 12.0 Å². The molecule has 1 fully saturated rings. The van der Waals surface area contributed by atoms with E-state index in [-0.39, 0.29) is 69.0 Å². The maximum absolute atomic E-state index is 14.1. The lowest BCUT2D eigenvalue weighted by Crippen LogP contribution is -2.59. The zero-order chi connectivity index (χ0) is 30.0. The molecule has 2 aliphatic rings. The number of amides is 2. The van der Waals surface area contributed by atoms with E-state index in [1.54, 1.807) is 20.8 Å². The van der Waals surface area contributed by atoms with Gasteiger partial charge in [0.15, 0.2) is 5.69 Å². The number of rotatable bonds is 9. The van der Waals surface area contributed by atoms with E-state index < -0.39 is 60.6 Å². The topological polar surface area (TPSA) is 119 Å². The quantitative estimate of drug-likeness (QED) is 0.427. The van der Waals surface area contributed by atoms with Gasteiger partial charge in [-0.15, -0.1) is 0 Å². The fourth-order valence-corrected chi connectivity index (χ4v) is 5.26. The van der Waals surface area contributed by atoms with Crippen LogP contribution in [0.4, 0.5) is 26.7 Å². The third-order valence-corrected chi connectivity index (χ3v) is 7.05. The van der Waals surface area contributed by atoms with Crippen LogP contribution in [-0.4, -0.2) is 104 Å². The van der Waals surface area contributed by atoms with Gasteiger partial charge in [0.1, 0.15) is 12.1 Å². The van der Waals surface area contributed by atoms with Crippen molar-refractivity contribution in [3.8, 4) is 0 Å². The Kier molecular flexibility index (Phi) is 9.62. The highest BCUT2D eigenvalue weighted by molar-refractivity contribution is 5.77. The van der Waals surface area contributed by atoms with E-state index in [9.17, 15) is 41.8 Å². The molecule has 226 valence electrons. The molecule has 2 aliphatic heterocycles. The number of hydrogen-bond acceptors (Lipinski definition) is 7. The summed E-state index contributed by atoms with van der Waals surface area (Å²) in [5.41, 5.74) is -2.04.